The van der Waals surface area contributed by atoms with Crippen LogP contribution in [-0.2, 0) is 4.79 Å². The molecule has 19 heavy (non-hydrogen) atoms. The topological polar surface area (TPSA) is 60.8 Å². The van der Waals surface area contributed by atoms with E-state index in [1.807, 2.05) is 0 Å². The molecule has 0 bridgehead atoms. The summed E-state index contributed by atoms with van der Waals surface area (Å²) in [5.74, 6) is -0.157. The number of aliphatic carboxylic acids is 1. The van der Waals surface area contributed by atoms with Crippen LogP contribution >= 0.6 is 0 Å². The van der Waals surface area contributed by atoms with Gasteiger partial charge in [0.2, 0.25) is 0 Å². The number of carboxylic acid groups (broad SMARTS) is 1. The van der Waals surface area contributed by atoms with Gasteiger partial charge in [0.1, 0.15) is 6.04 Å². The Bertz CT molecular complexity index is 351. The molecule has 0 aromatic carbocycles. The van der Waals surface area contributed by atoms with E-state index >= 15 is 0 Å². The Kier molecular flexibility index (Phi) is 3.56. The lowest BCUT2D eigenvalue weighted by molar-refractivity contribution is -0.144. The fourth-order valence-corrected chi connectivity index (χ4v) is 4.55. The minimum atomic E-state index is -0.698. The van der Waals surface area contributed by atoms with Gasteiger partial charge in [-0.15, -0.1) is 0 Å². The summed E-state index contributed by atoms with van der Waals surface area (Å²) in [4.78, 5) is 13.6. The average molecular weight is 267 g/mol. The van der Waals surface area contributed by atoms with Crippen LogP contribution in [0.2, 0.25) is 0 Å². The maximum atomic E-state index is 11.5. The van der Waals surface area contributed by atoms with E-state index in [2.05, 4.69) is 4.90 Å². The summed E-state index contributed by atoms with van der Waals surface area (Å²) in [6, 6.07) is 0.0391. The van der Waals surface area contributed by atoms with E-state index in [1.54, 1.807) is 0 Å². The molecule has 1 heterocycles. The summed E-state index contributed by atoms with van der Waals surface area (Å²) in [5, 5.41) is 20.1. The van der Waals surface area contributed by atoms with Crippen LogP contribution in [0.4, 0.5) is 0 Å². The van der Waals surface area contributed by atoms with Gasteiger partial charge >= 0.3 is 5.97 Å². The molecule has 1 saturated heterocycles. The van der Waals surface area contributed by atoms with Crippen molar-refractivity contribution in [3.63, 3.8) is 0 Å². The van der Waals surface area contributed by atoms with E-state index in [-0.39, 0.29) is 6.04 Å². The first kappa shape index (κ1) is 13.4. The van der Waals surface area contributed by atoms with Crippen LogP contribution in [0.25, 0.3) is 0 Å². The van der Waals surface area contributed by atoms with Crippen molar-refractivity contribution in [3.05, 3.63) is 0 Å². The van der Waals surface area contributed by atoms with E-state index in [0.29, 0.717) is 18.5 Å². The maximum absolute atomic E-state index is 11.5. The number of carboxylic acids is 1. The number of aliphatic hydroxyl groups is 1. The molecule has 3 rings (SSSR count). The molecular formula is C15H25NO3. The molecule has 0 spiro atoms. The number of likely N-dealkylation sites (tertiary alicyclic amines) is 1. The normalized spacial score (nSPS) is 38.3. The highest BCUT2D eigenvalue weighted by atomic mass is 16.4. The van der Waals surface area contributed by atoms with Crippen molar-refractivity contribution in [2.24, 2.45) is 5.92 Å². The van der Waals surface area contributed by atoms with E-state index < -0.39 is 11.6 Å². The summed E-state index contributed by atoms with van der Waals surface area (Å²) < 4.78 is 0. The van der Waals surface area contributed by atoms with Gasteiger partial charge in [0.15, 0.2) is 0 Å². The zero-order valence-corrected chi connectivity index (χ0v) is 11.6. The first-order chi connectivity index (χ1) is 9.09. The van der Waals surface area contributed by atoms with Crippen molar-refractivity contribution in [2.45, 2.75) is 75.5 Å². The van der Waals surface area contributed by atoms with Gasteiger partial charge in [-0.25, -0.2) is 0 Å². The second-order valence-electron chi connectivity index (χ2n) is 6.81. The molecule has 0 aromatic rings. The van der Waals surface area contributed by atoms with Crippen LogP contribution in [0.3, 0.4) is 0 Å². The number of nitrogens with zero attached hydrogens (tertiary/aromatic N) is 1. The van der Waals surface area contributed by atoms with E-state index in [0.717, 1.165) is 38.5 Å². The summed E-state index contributed by atoms with van der Waals surface area (Å²) in [5.41, 5.74) is -0.625. The molecule has 4 heteroatoms. The number of fused-ring (bicyclic) bond motifs is 1. The molecule has 4 nitrogen and oxygen atoms in total. The third kappa shape index (κ3) is 2.52. The molecule has 108 valence electrons. The molecule has 3 unspecified atom stereocenters. The van der Waals surface area contributed by atoms with E-state index in [1.165, 1.54) is 19.3 Å². The highest BCUT2D eigenvalue weighted by molar-refractivity contribution is 5.74. The minimum Gasteiger partial charge on any atom is -0.480 e. The van der Waals surface area contributed by atoms with Crippen LogP contribution in [0.1, 0.15) is 57.8 Å². The van der Waals surface area contributed by atoms with Crippen molar-refractivity contribution in [3.8, 4) is 0 Å². The molecule has 0 radical (unpaired) electrons. The monoisotopic (exact) mass is 267 g/mol. The average Bonchev–Trinajstić information content (AvgIpc) is 2.95. The van der Waals surface area contributed by atoms with Gasteiger partial charge in [0, 0.05) is 12.6 Å². The fraction of sp³-hybridized carbons (Fsp3) is 0.933. The molecule has 3 aliphatic rings. The lowest BCUT2D eigenvalue weighted by Crippen LogP contribution is -2.50. The van der Waals surface area contributed by atoms with Crippen LogP contribution in [-0.4, -0.2) is 45.3 Å². The smallest absolute Gasteiger partial charge is 0.320 e. The molecule has 1 aliphatic heterocycles. The van der Waals surface area contributed by atoms with E-state index in [4.69, 9.17) is 0 Å². The fourth-order valence-electron chi connectivity index (χ4n) is 4.55. The molecule has 3 atom stereocenters. The van der Waals surface area contributed by atoms with Crippen LogP contribution in [0, 0.1) is 5.92 Å². The molecule has 0 aromatic heterocycles. The Balaban J connectivity index is 1.76. The highest BCUT2D eigenvalue weighted by Crippen LogP contribution is 2.42. The Labute approximate surface area is 114 Å². The first-order valence-corrected chi connectivity index (χ1v) is 7.80. The predicted molar refractivity (Wildman–Crippen MR) is 71.9 cm³/mol. The van der Waals surface area contributed by atoms with Gasteiger partial charge in [-0.1, -0.05) is 25.7 Å². The van der Waals surface area contributed by atoms with Crippen molar-refractivity contribution in [1.82, 2.24) is 4.90 Å². The molecular weight excluding hydrogens is 242 g/mol. The van der Waals surface area contributed by atoms with Crippen molar-refractivity contribution in [1.29, 1.82) is 0 Å². The van der Waals surface area contributed by atoms with Crippen LogP contribution in [0.5, 0.6) is 0 Å². The number of hydrogen-bond acceptors (Lipinski definition) is 3. The number of rotatable bonds is 3. The standard InChI is InChI=1S/C15H25NO3/c17-14(18)13-9-11-5-1-2-6-12(11)16(13)10-15(19)7-3-4-8-15/h11-13,19H,1-10H2,(H,17,18). The number of carbonyl (C=O) groups is 1. The lowest BCUT2D eigenvalue weighted by atomic mass is 9.84. The Morgan fingerprint density at radius 2 is 1.84 bits per heavy atom. The van der Waals surface area contributed by atoms with Gasteiger partial charge < -0.3 is 10.2 Å². The molecule has 3 fully saturated rings. The Hall–Kier alpha value is -0.610. The Morgan fingerprint density at radius 3 is 2.53 bits per heavy atom. The summed E-state index contributed by atoms with van der Waals surface area (Å²) in [6.07, 6.45) is 9.37. The largest absolute Gasteiger partial charge is 0.480 e. The minimum absolute atomic E-state index is 0.363. The van der Waals surface area contributed by atoms with E-state index in [9.17, 15) is 15.0 Å². The first-order valence-electron chi connectivity index (χ1n) is 7.80. The van der Waals surface area contributed by atoms with Crippen LogP contribution < -0.4 is 0 Å². The number of hydrogen-bond donors (Lipinski definition) is 2. The van der Waals surface area contributed by atoms with Gasteiger partial charge in [0.05, 0.1) is 5.60 Å². The maximum Gasteiger partial charge on any atom is 0.320 e. The summed E-state index contributed by atoms with van der Waals surface area (Å²) in [7, 11) is 0. The van der Waals surface area contributed by atoms with Gasteiger partial charge in [-0.05, 0) is 38.0 Å². The highest BCUT2D eigenvalue weighted by Gasteiger charge is 2.48. The van der Waals surface area contributed by atoms with Crippen molar-refractivity contribution >= 4 is 5.97 Å². The third-order valence-electron chi connectivity index (χ3n) is 5.52. The Morgan fingerprint density at radius 1 is 1.16 bits per heavy atom. The van der Waals surface area contributed by atoms with Crippen molar-refractivity contribution in [2.75, 3.05) is 6.54 Å². The van der Waals surface area contributed by atoms with Gasteiger partial charge in [-0.3, -0.25) is 9.69 Å². The summed E-state index contributed by atoms with van der Waals surface area (Å²) in [6.45, 7) is 0.575. The van der Waals surface area contributed by atoms with Crippen LogP contribution in [0.15, 0.2) is 0 Å². The second kappa shape index (κ2) is 5.06. The zero-order valence-electron chi connectivity index (χ0n) is 11.6. The SMILES string of the molecule is O=C(O)C1CC2CCCCC2N1CC1(O)CCCC1. The third-order valence-corrected chi connectivity index (χ3v) is 5.52. The van der Waals surface area contributed by atoms with Gasteiger partial charge in [0.25, 0.3) is 0 Å². The summed E-state index contributed by atoms with van der Waals surface area (Å²) >= 11 is 0. The quantitative estimate of drug-likeness (QED) is 0.821. The second-order valence-corrected chi connectivity index (χ2v) is 6.81. The molecule has 0 amide bonds. The molecule has 2 N–H and O–H groups in total. The van der Waals surface area contributed by atoms with Gasteiger partial charge in [-0.2, -0.15) is 0 Å². The molecule has 2 aliphatic carbocycles. The number of β-amino-alcohol motifs (C(OH)–C–C–N with tert-alkyl or cyclic N) is 1. The van der Waals surface area contributed by atoms with Crippen molar-refractivity contribution < 1.29 is 15.0 Å². The predicted octanol–water partition coefficient (Wildman–Crippen LogP) is 2.01. The zero-order chi connectivity index (χ0) is 13.5. The molecule has 2 saturated carbocycles. The lowest BCUT2D eigenvalue weighted by Gasteiger charge is -2.37.